The van der Waals surface area contributed by atoms with E-state index in [1.54, 1.807) is 31.1 Å². The van der Waals surface area contributed by atoms with Crippen molar-refractivity contribution in [1.29, 1.82) is 0 Å². The number of halogens is 5. The summed E-state index contributed by atoms with van der Waals surface area (Å²) in [5, 5.41) is 14.7. The maximum Gasteiger partial charge on any atom is 0.260 e. The predicted octanol–water partition coefficient (Wildman–Crippen LogP) is 4.37. The van der Waals surface area contributed by atoms with Crippen molar-refractivity contribution in [3.63, 3.8) is 0 Å². The predicted molar refractivity (Wildman–Crippen MR) is 140 cm³/mol. The van der Waals surface area contributed by atoms with Crippen LogP contribution in [0.4, 0.5) is 33.7 Å². The number of hydrogen-bond donors (Lipinski definition) is 2. The molecule has 0 saturated carbocycles. The minimum absolute atomic E-state index is 0.0160. The number of likely N-dealkylation sites (tertiary alicyclic amines) is 1. The lowest BCUT2D eigenvalue weighted by Crippen LogP contribution is -2.39. The standard InChI is InChI=1S/C16H16F3N9.C6H11F2N.C2H6/c1-21-14-13-12(9(19)7-28(13)25-16(20)23-14)10-2-3-11-15(22-10)27(26-24-11)5-4-8(18)6-17;1-9-4-2-3-6(7,8)5-9;1-2/h2-3,7-8H,4-6H2,1H3,(H3,20,21,23,25);2-5H2,1H3;1-2H3. The highest BCUT2D eigenvalue weighted by molar-refractivity contribution is 5.89. The quantitative estimate of drug-likeness (QED) is 0.337. The van der Waals surface area contributed by atoms with Crippen molar-refractivity contribution in [2.45, 2.75) is 51.7 Å². The Kier molecular flexibility index (Phi) is 9.94. The van der Waals surface area contributed by atoms with Crippen molar-refractivity contribution in [2.24, 2.45) is 0 Å². The molecule has 1 aliphatic heterocycles. The molecule has 5 rings (SSSR count). The number of rotatable bonds is 6. The van der Waals surface area contributed by atoms with Gasteiger partial charge < -0.3 is 16.0 Å². The summed E-state index contributed by atoms with van der Waals surface area (Å²) in [6.45, 7) is 3.78. The van der Waals surface area contributed by atoms with Gasteiger partial charge in [0.25, 0.3) is 5.92 Å². The van der Waals surface area contributed by atoms with E-state index in [4.69, 9.17) is 5.73 Å². The summed E-state index contributed by atoms with van der Waals surface area (Å²) < 4.78 is 67.8. The van der Waals surface area contributed by atoms with Crippen LogP contribution in [0.3, 0.4) is 0 Å². The highest BCUT2D eigenvalue weighted by Crippen LogP contribution is 2.32. The molecule has 10 nitrogen and oxygen atoms in total. The summed E-state index contributed by atoms with van der Waals surface area (Å²) in [5.41, 5.74) is 7.27. The van der Waals surface area contributed by atoms with E-state index in [0.717, 1.165) is 6.54 Å². The van der Waals surface area contributed by atoms with E-state index in [1.807, 2.05) is 13.8 Å². The van der Waals surface area contributed by atoms with Gasteiger partial charge in [-0.2, -0.15) is 4.98 Å². The minimum atomic E-state index is -2.42. The molecule has 1 unspecified atom stereocenters. The Labute approximate surface area is 222 Å². The Morgan fingerprint density at radius 2 is 1.95 bits per heavy atom. The zero-order valence-corrected chi connectivity index (χ0v) is 22.3. The second-order valence-corrected chi connectivity index (χ2v) is 8.80. The number of piperidine rings is 1. The molecule has 3 N–H and O–H groups in total. The second kappa shape index (κ2) is 13.0. The van der Waals surface area contributed by atoms with E-state index in [9.17, 15) is 22.0 Å². The molecule has 0 spiro atoms. The first-order valence-electron chi connectivity index (χ1n) is 12.6. The largest absolute Gasteiger partial charge is 0.371 e. The molecule has 0 aromatic carbocycles. The topological polar surface area (TPSA) is 115 Å². The molecule has 1 fully saturated rings. The third-order valence-electron chi connectivity index (χ3n) is 5.86. The molecule has 15 heteroatoms. The van der Waals surface area contributed by atoms with Gasteiger partial charge in [-0.05, 0) is 32.1 Å². The summed E-state index contributed by atoms with van der Waals surface area (Å²) >= 11 is 0. The average molecular weight is 557 g/mol. The van der Waals surface area contributed by atoms with Crippen molar-refractivity contribution in [3.8, 4) is 11.3 Å². The molecule has 214 valence electrons. The fourth-order valence-corrected chi connectivity index (χ4v) is 4.13. The molecule has 1 saturated heterocycles. The lowest BCUT2D eigenvalue weighted by atomic mass is 10.1. The lowest BCUT2D eigenvalue weighted by molar-refractivity contribution is -0.0571. The van der Waals surface area contributed by atoms with Crippen LogP contribution in [0.25, 0.3) is 27.9 Å². The van der Waals surface area contributed by atoms with Crippen LogP contribution in [0.5, 0.6) is 0 Å². The normalized spacial score (nSPS) is 15.8. The lowest BCUT2D eigenvalue weighted by Gasteiger charge is -2.28. The Morgan fingerprint density at radius 3 is 2.56 bits per heavy atom. The molecule has 0 amide bonds. The van der Waals surface area contributed by atoms with Gasteiger partial charge in [0.2, 0.25) is 5.95 Å². The highest BCUT2D eigenvalue weighted by atomic mass is 19.3. The van der Waals surface area contributed by atoms with Crippen molar-refractivity contribution in [2.75, 3.05) is 44.9 Å². The monoisotopic (exact) mass is 556 g/mol. The number of aromatic nitrogens is 7. The number of aryl methyl sites for hydroxylation is 1. The molecule has 1 atom stereocenters. The molecule has 1 aliphatic rings. The molecule has 4 aromatic heterocycles. The molecular weight excluding hydrogens is 523 g/mol. The number of nitrogens with two attached hydrogens (primary N) is 1. The number of alkyl halides is 4. The van der Waals surface area contributed by atoms with Crippen LogP contribution in [0.15, 0.2) is 18.3 Å². The second-order valence-electron chi connectivity index (χ2n) is 8.80. The Hall–Kier alpha value is -3.62. The zero-order valence-electron chi connectivity index (χ0n) is 22.3. The number of pyridine rings is 1. The van der Waals surface area contributed by atoms with E-state index in [-0.39, 0.29) is 37.4 Å². The average Bonchev–Trinajstić information content (AvgIpc) is 3.46. The molecule has 5 heterocycles. The third kappa shape index (κ3) is 7.07. The zero-order chi connectivity index (χ0) is 28.7. The number of fused-ring (bicyclic) bond motifs is 2. The van der Waals surface area contributed by atoms with Crippen LogP contribution < -0.4 is 11.1 Å². The van der Waals surface area contributed by atoms with Gasteiger partial charge in [0, 0.05) is 26.4 Å². The molecule has 39 heavy (non-hydrogen) atoms. The van der Waals surface area contributed by atoms with Crippen LogP contribution in [0, 0.1) is 5.82 Å². The SMILES string of the molecule is CC.CN1CCCC(F)(F)C1.CNc1nc(N)nn2cc(F)c(-c3ccc4nnn(CCC(F)CF)c4n3)c12. The molecule has 0 bridgehead atoms. The third-order valence-corrected chi connectivity index (χ3v) is 5.86. The van der Waals surface area contributed by atoms with Gasteiger partial charge in [0.05, 0.1) is 24.0 Å². The van der Waals surface area contributed by atoms with Crippen molar-refractivity contribution in [3.05, 3.63) is 24.1 Å². The maximum absolute atomic E-state index is 14.7. The molecule has 0 radical (unpaired) electrons. The minimum Gasteiger partial charge on any atom is -0.371 e. The molecular formula is C24H33F5N10. The van der Waals surface area contributed by atoms with E-state index >= 15 is 0 Å². The van der Waals surface area contributed by atoms with Crippen LogP contribution in [-0.4, -0.2) is 85.4 Å². The van der Waals surface area contributed by atoms with E-state index < -0.39 is 24.6 Å². The van der Waals surface area contributed by atoms with Crippen LogP contribution in [0.1, 0.15) is 33.1 Å². The van der Waals surface area contributed by atoms with E-state index in [1.165, 1.54) is 15.4 Å². The number of hydrogen-bond acceptors (Lipinski definition) is 8. The summed E-state index contributed by atoms with van der Waals surface area (Å²) in [5.74, 6) is -2.67. The Morgan fingerprint density at radius 1 is 1.21 bits per heavy atom. The maximum atomic E-state index is 14.7. The summed E-state index contributed by atoms with van der Waals surface area (Å²) in [7, 11) is 3.36. The van der Waals surface area contributed by atoms with Crippen molar-refractivity contribution < 1.29 is 22.0 Å². The van der Waals surface area contributed by atoms with Gasteiger partial charge in [-0.15, -0.1) is 10.2 Å². The summed E-state index contributed by atoms with van der Waals surface area (Å²) in [6.07, 6.45) is 0.221. The van der Waals surface area contributed by atoms with E-state index in [0.29, 0.717) is 34.6 Å². The first-order chi connectivity index (χ1) is 18.6. The highest BCUT2D eigenvalue weighted by Gasteiger charge is 2.33. The van der Waals surface area contributed by atoms with Crippen LogP contribution in [0.2, 0.25) is 0 Å². The Bertz CT molecular complexity index is 1370. The van der Waals surface area contributed by atoms with Crippen molar-refractivity contribution in [1.82, 2.24) is 39.5 Å². The van der Waals surface area contributed by atoms with Gasteiger partial charge in [0.15, 0.2) is 17.3 Å². The van der Waals surface area contributed by atoms with Gasteiger partial charge in [-0.25, -0.2) is 36.1 Å². The van der Waals surface area contributed by atoms with E-state index in [2.05, 4.69) is 30.7 Å². The van der Waals surface area contributed by atoms with Crippen molar-refractivity contribution >= 4 is 28.4 Å². The van der Waals surface area contributed by atoms with Gasteiger partial charge in [0.1, 0.15) is 23.9 Å². The van der Waals surface area contributed by atoms with Gasteiger partial charge >= 0.3 is 0 Å². The number of nitrogens with one attached hydrogen (secondary N) is 1. The molecule has 0 aliphatic carbocycles. The van der Waals surface area contributed by atoms with Gasteiger partial charge in [-0.3, -0.25) is 0 Å². The molecule has 4 aromatic rings. The van der Waals surface area contributed by atoms with Crippen LogP contribution in [-0.2, 0) is 6.54 Å². The number of nitrogens with zero attached hydrogens (tertiary/aromatic N) is 8. The van der Waals surface area contributed by atoms with Gasteiger partial charge in [-0.1, -0.05) is 19.1 Å². The van der Waals surface area contributed by atoms with Crippen LogP contribution >= 0.6 is 0 Å². The fraction of sp³-hybridized carbons (Fsp3) is 0.542. The Balaban J connectivity index is 0.000000322. The smallest absolute Gasteiger partial charge is 0.260 e. The number of anilines is 2. The first kappa shape index (κ1) is 29.9. The number of nitrogen functional groups attached to an aromatic ring is 1. The fourth-order valence-electron chi connectivity index (χ4n) is 4.13. The summed E-state index contributed by atoms with van der Waals surface area (Å²) in [4.78, 5) is 10.2. The summed E-state index contributed by atoms with van der Waals surface area (Å²) in [6, 6.07) is 3.22. The first-order valence-corrected chi connectivity index (χ1v) is 12.6.